The zero-order chi connectivity index (χ0) is 19.6. The van der Waals surface area contributed by atoms with Gasteiger partial charge in [-0.2, -0.15) is 0 Å². The molecule has 1 fully saturated rings. The minimum absolute atomic E-state index is 0.227. The molecule has 1 saturated carbocycles. The molecule has 0 atom stereocenters. The van der Waals surface area contributed by atoms with Crippen LogP contribution in [0, 0.1) is 5.92 Å². The molecule has 0 radical (unpaired) electrons. The predicted octanol–water partition coefficient (Wildman–Crippen LogP) is 3.07. The van der Waals surface area contributed by atoms with Crippen LogP contribution in [-0.2, 0) is 14.4 Å². The van der Waals surface area contributed by atoms with Gasteiger partial charge < -0.3 is 20.7 Å². The minimum atomic E-state index is -0.751. The lowest BCUT2D eigenvalue weighted by molar-refractivity contribution is -0.136. The highest BCUT2D eigenvalue weighted by Gasteiger charge is 2.18. The van der Waals surface area contributed by atoms with Crippen molar-refractivity contribution in [3.05, 3.63) is 18.2 Å². The molecule has 0 spiro atoms. The van der Waals surface area contributed by atoms with E-state index in [1.807, 2.05) is 0 Å². The van der Waals surface area contributed by atoms with Gasteiger partial charge in [0.25, 0.3) is 0 Å². The summed E-state index contributed by atoms with van der Waals surface area (Å²) in [7, 11) is 1.47. The van der Waals surface area contributed by atoms with Gasteiger partial charge in [0.2, 0.25) is 5.91 Å². The van der Waals surface area contributed by atoms with Gasteiger partial charge in [0.15, 0.2) is 0 Å². The Hall–Kier alpha value is -2.57. The van der Waals surface area contributed by atoms with Gasteiger partial charge in [0, 0.05) is 19.2 Å². The summed E-state index contributed by atoms with van der Waals surface area (Å²) in [4.78, 5) is 35.6. The lowest BCUT2D eigenvalue weighted by atomic mass is 9.91. The van der Waals surface area contributed by atoms with Crippen LogP contribution in [-0.4, -0.2) is 31.4 Å². The zero-order valence-corrected chi connectivity index (χ0v) is 16.1. The molecule has 3 amide bonds. The molecule has 3 N–H and O–H groups in total. The first-order chi connectivity index (χ1) is 13.0. The standard InChI is InChI=1S/C20H29N3O4/c1-14(24)22-16-10-11-18(27-2)17(12-16)23-20(26)19(25)21-13-15-8-6-4-3-5-7-9-15/h10-12,15H,3-9,13H2,1-2H3,(H,21,25)(H,22,24)(H,23,26). The number of carbonyl (C=O) groups is 3. The van der Waals surface area contributed by atoms with Gasteiger partial charge in [-0.05, 0) is 37.0 Å². The molecule has 0 aromatic heterocycles. The summed E-state index contributed by atoms with van der Waals surface area (Å²) >= 11 is 0. The lowest BCUT2D eigenvalue weighted by Gasteiger charge is -2.20. The molecule has 0 bridgehead atoms. The van der Waals surface area contributed by atoms with E-state index < -0.39 is 11.8 Å². The molecule has 1 aliphatic rings. The Morgan fingerprint density at radius 3 is 2.30 bits per heavy atom. The van der Waals surface area contributed by atoms with Crippen LogP contribution in [0.1, 0.15) is 51.9 Å². The van der Waals surface area contributed by atoms with E-state index in [1.54, 1.807) is 18.2 Å². The quantitative estimate of drug-likeness (QED) is 0.689. The van der Waals surface area contributed by atoms with E-state index in [1.165, 1.54) is 46.1 Å². The van der Waals surface area contributed by atoms with E-state index in [0.29, 0.717) is 29.6 Å². The summed E-state index contributed by atoms with van der Waals surface area (Å²) in [5, 5.41) is 7.93. The summed E-state index contributed by atoms with van der Waals surface area (Å²) < 4.78 is 5.21. The molecule has 27 heavy (non-hydrogen) atoms. The Morgan fingerprint density at radius 2 is 1.67 bits per heavy atom. The maximum atomic E-state index is 12.2. The average Bonchev–Trinajstić information content (AvgIpc) is 2.60. The van der Waals surface area contributed by atoms with Crippen LogP contribution in [0.15, 0.2) is 18.2 Å². The molecule has 0 heterocycles. The number of ether oxygens (including phenoxy) is 1. The fourth-order valence-electron chi connectivity index (χ4n) is 3.33. The van der Waals surface area contributed by atoms with Gasteiger partial charge in [0.05, 0.1) is 12.8 Å². The number of benzene rings is 1. The van der Waals surface area contributed by atoms with Crippen LogP contribution >= 0.6 is 0 Å². The van der Waals surface area contributed by atoms with Crippen LogP contribution in [0.4, 0.5) is 11.4 Å². The van der Waals surface area contributed by atoms with Crippen molar-refractivity contribution >= 4 is 29.1 Å². The maximum Gasteiger partial charge on any atom is 0.313 e. The normalized spacial score (nSPS) is 15.2. The Morgan fingerprint density at radius 1 is 1.00 bits per heavy atom. The van der Waals surface area contributed by atoms with Gasteiger partial charge in [-0.25, -0.2) is 0 Å². The van der Waals surface area contributed by atoms with Crippen LogP contribution in [0.25, 0.3) is 0 Å². The highest BCUT2D eigenvalue weighted by molar-refractivity contribution is 6.39. The second kappa shape index (κ2) is 10.5. The van der Waals surface area contributed by atoms with Crippen molar-refractivity contribution in [3.8, 4) is 5.75 Å². The largest absolute Gasteiger partial charge is 0.495 e. The van der Waals surface area contributed by atoms with Crippen molar-refractivity contribution in [2.24, 2.45) is 5.92 Å². The van der Waals surface area contributed by atoms with Gasteiger partial charge in [-0.1, -0.05) is 32.1 Å². The van der Waals surface area contributed by atoms with Crippen LogP contribution in [0.3, 0.4) is 0 Å². The average molecular weight is 375 g/mol. The third-order valence-corrected chi connectivity index (χ3v) is 4.75. The molecule has 1 aliphatic carbocycles. The third-order valence-electron chi connectivity index (χ3n) is 4.75. The summed E-state index contributed by atoms with van der Waals surface area (Å²) in [5.41, 5.74) is 0.836. The van der Waals surface area contributed by atoms with Crippen molar-refractivity contribution in [1.82, 2.24) is 5.32 Å². The van der Waals surface area contributed by atoms with E-state index >= 15 is 0 Å². The summed E-state index contributed by atoms with van der Waals surface area (Å²) in [6.07, 6.45) is 8.33. The Kier molecular flexibility index (Phi) is 8.10. The summed E-state index contributed by atoms with van der Waals surface area (Å²) in [6.45, 7) is 1.92. The summed E-state index contributed by atoms with van der Waals surface area (Å²) in [5.74, 6) is -0.803. The van der Waals surface area contributed by atoms with E-state index in [9.17, 15) is 14.4 Å². The van der Waals surface area contributed by atoms with E-state index in [-0.39, 0.29) is 5.91 Å². The fraction of sp³-hybridized carbons (Fsp3) is 0.550. The number of anilines is 2. The topological polar surface area (TPSA) is 96.5 Å². The van der Waals surface area contributed by atoms with E-state index in [2.05, 4.69) is 16.0 Å². The maximum absolute atomic E-state index is 12.2. The predicted molar refractivity (Wildman–Crippen MR) is 105 cm³/mol. The van der Waals surface area contributed by atoms with Crippen LogP contribution in [0.5, 0.6) is 5.75 Å². The lowest BCUT2D eigenvalue weighted by Crippen LogP contribution is -2.38. The molecule has 7 heteroatoms. The zero-order valence-electron chi connectivity index (χ0n) is 16.1. The van der Waals surface area contributed by atoms with Crippen molar-refractivity contribution in [3.63, 3.8) is 0 Å². The number of hydrogen-bond donors (Lipinski definition) is 3. The molecule has 7 nitrogen and oxygen atoms in total. The van der Waals surface area contributed by atoms with Gasteiger partial charge in [0.1, 0.15) is 5.75 Å². The highest BCUT2D eigenvalue weighted by atomic mass is 16.5. The van der Waals surface area contributed by atoms with Gasteiger partial charge >= 0.3 is 11.8 Å². The van der Waals surface area contributed by atoms with Crippen molar-refractivity contribution in [1.29, 1.82) is 0 Å². The van der Waals surface area contributed by atoms with Crippen molar-refractivity contribution in [2.75, 3.05) is 24.3 Å². The molecule has 0 aliphatic heterocycles. The van der Waals surface area contributed by atoms with E-state index in [0.717, 1.165) is 12.8 Å². The number of methoxy groups -OCH3 is 1. The molecule has 1 aromatic rings. The molecule has 1 aromatic carbocycles. The number of rotatable bonds is 5. The first-order valence-electron chi connectivity index (χ1n) is 9.54. The fourth-order valence-corrected chi connectivity index (χ4v) is 3.33. The first-order valence-corrected chi connectivity index (χ1v) is 9.54. The molecule has 148 valence electrons. The van der Waals surface area contributed by atoms with Crippen molar-refractivity contribution < 1.29 is 19.1 Å². The van der Waals surface area contributed by atoms with Gasteiger partial charge in [-0.3, -0.25) is 14.4 Å². The monoisotopic (exact) mass is 375 g/mol. The van der Waals surface area contributed by atoms with E-state index in [4.69, 9.17) is 4.74 Å². The molecular formula is C20H29N3O4. The number of hydrogen-bond acceptors (Lipinski definition) is 4. The smallest absolute Gasteiger partial charge is 0.313 e. The molecule has 0 unspecified atom stereocenters. The second-order valence-corrected chi connectivity index (χ2v) is 6.97. The Balaban J connectivity index is 1.92. The highest BCUT2D eigenvalue weighted by Crippen LogP contribution is 2.28. The SMILES string of the molecule is COc1ccc(NC(C)=O)cc1NC(=O)C(=O)NCC1CCCCCCC1. The van der Waals surface area contributed by atoms with Gasteiger partial charge in [-0.15, -0.1) is 0 Å². The Bertz CT molecular complexity index is 667. The minimum Gasteiger partial charge on any atom is -0.495 e. The second-order valence-electron chi connectivity index (χ2n) is 6.97. The number of carbonyl (C=O) groups excluding carboxylic acids is 3. The first kappa shape index (κ1) is 20.7. The van der Waals surface area contributed by atoms with Crippen molar-refractivity contribution in [2.45, 2.75) is 51.9 Å². The summed E-state index contributed by atoms with van der Waals surface area (Å²) in [6, 6.07) is 4.83. The molecule has 2 rings (SSSR count). The molecular weight excluding hydrogens is 346 g/mol. The number of amides is 3. The number of nitrogens with one attached hydrogen (secondary N) is 3. The van der Waals surface area contributed by atoms with Crippen LogP contribution < -0.4 is 20.7 Å². The third kappa shape index (κ3) is 6.92. The molecule has 0 saturated heterocycles. The van der Waals surface area contributed by atoms with Crippen LogP contribution in [0.2, 0.25) is 0 Å². The Labute approximate surface area is 160 Å².